The van der Waals surface area contributed by atoms with Crippen molar-refractivity contribution in [2.24, 2.45) is 0 Å². The molecule has 0 aliphatic heterocycles. The first-order valence-electron chi connectivity index (χ1n) is 6.88. The molecule has 0 aliphatic carbocycles. The van der Waals surface area contributed by atoms with Crippen LogP contribution in [0.1, 0.15) is 21.6 Å². The second-order valence-electron chi connectivity index (χ2n) is 4.89. The monoisotopic (exact) mass is 338 g/mol. The molecule has 0 atom stereocenters. The molecular formula is C15H16ClFN4O2. The summed E-state index contributed by atoms with van der Waals surface area (Å²) in [5.74, 6) is -1.11. The second kappa shape index (κ2) is 7.23. The zero-order valence-corrected chi connectivity index (χ0v) is 13.4. The van der Waals surface area contributed by atoms with Crippen LogP contribution in [0.2, 0.25) is 5.15 Å². The Morgan fingerprint density at radius 2 is 1.96 bits per heavy atom. The molecule has 0 saturated heterocycles. The summed E-state index contributed by atoms with van der Waals surface area (Å²) in [4.78, 5) is 23.3. The van der Waals surface area contributed by atoms with Gasteiger partial charge in [-0.3, -0.25) is 9.59 Å². The molecule has 1 aromatic carbocycles. The van der Waals surface area contributed by atoms with Crippen LogP contribution in [0.15, 0.2) is 24.3 Å². The maximum absolute atomic E-state index is 12.9. The molecule has 2 aromatic rings. The maximum Gasteiger partial charge on any atom is 0.256 e. The Morgan fingerprint density at radius 3 is 2.57 bits per heavy atom. The van der Waals surface area contributed by atoms with Gasteiger partial charge in [0, 0.05) is 7.05 Å². The summed E-state index contributed by atoms with van der Waals surface area (Å²) in [6.45, 7) is 1.82. The predicted octanol–water partition coefficient (Wildman–Crippen LogP) is 1.51. The van der Waals surface area contributed by atoms with E-state index in [0.29, 0.717) is 12.2 Å². The van der Waals surface area contributed by atoms with Gasteiger partial charge in [-0.1, -0.05) is 23.7 Å². The van der Waals surface area contributed by atoms with Crippen molar-refractivity contribution >= 4 is 23.4 Å². The zero-order valence-electron chi connectivity index (χ0n) is 12.7. The summed E-state index contributed by atoms with van der Waals surface area (Å²) in [5, 5.41) is 9.28. The average molecular weight is 339 g/mol. The van der Waals surface area contributed by atoms with E-state index in [-0.39, 0.29) is 29.0 Å². The van der Waals surface area contributed by atoms with Gasteiger partial charge in [0.15, 0.2) is 0 Å². The van der Waals surface area contributed by atoms with Crippen LogP contribution in [0.4, 0.5) is 4.39 Å². The lowest BCUT2D eigenvalue weighted by atomic mass is 10.2. The van der Waals surface area contributed by atoms with Crippen LogP contribution in [-0.4, -0.2) is 35.2 Å². The number of hydrogen-bond acceptors (Lipinski definition) is 3. The number of nitrogens with one attached hydrogen (secondary N) is 2. The minimum Gasteiger partial charge on any atom is -0.358 e. The summed E-state index contributed by atoms with van der Waals surface area (Å²) in [6.07, 6.45) is 0. The van der Waals surface area contributed by atoms with E-state index >= 15 is 0 Å². The summed E-state index contributed by atoms with van der Waals surface area (Å²) in [5.41, 5.74) is 1.47. The fourth-order valence-corrected chi connectivity index (χ4v) is 2.34. The van der Waals surface area contributed by atoms with E-state index in [4.69, 9.17) is 11.6 Å². The number of benzene rings is 1. The fraction of sp³-hybridized carbons (Fsp3) is 0.267. The van der Waals surface area contributed by atoms with Gasteiger partial charge in [-0.15, -0.1) is 0 Å². The normalized spacial score (nSPS) is 10.4. The lowest BCUT2D eigenvalue weighted by molar-refractivity contribution is -0.119. The number of likely N-dealkylation sites (N-methyl/N-ethyl adjacent to an activating group) is 1. The molecule has 0 aliphatic rings. The molecule has 0 saturated carbocycles. The number of amides is 2. The lowest BCUT2D eigenvalue weighted by Gasteiger charge is -2.05. The minimum atomic E-state index is -0.471. The maximum atomic E-state index is 12.9. The molecule has 2 rings (SSSR count). The van der Waals surface area contributed by atoms with Gasteiger partial charge >= 0.3 is 0 Å². The van der Waals surface area contributed by atoms with Crippen LogP contribution in [0.3, 0.4) is 0 Å². The van der Waals surface area contributed by atoms with Crippen molar-refractivity contribution in [3.05, 3.63) is 52.1 Å². The van der Waals surface area contributed by atoms with Crippen molar-refractivity contribution in [1.29, 1.82) is 0 Å². The molecule has 2 amide bonds. The highest BCUT2D eigenvalue weighted by Crippen LogP contribution is 2.21. The lowest BCUT2D eigenvalue weighted by Crippen LogP contribution is -2.35. The van der Waals surface area contributed by atoms with Crippen molar-refractivity contribution in [2.45, 2.75) is 13.5 Å². The van der Waals surface area contributed by atoms with E-state index in [9.17, 15) is 14.0 Å². The first kappa shape index (κ1) is 17.0. The Morgan fingerprint density at radius 1 is 1.30 bits per heavy atom. The number of hydrogen-bond donors (Lipinski definition) is 2. The molecule has 0 bridgehead atoms. The third-order valence-corrected chi connectivity index (χ3v) is 3.61. The highest BCUT2D eigenvalue weighted by Gasteiger charge is 2.20. The summed E-state index contributed by atoms with van der Waals surface area (Å²) < 4.78 is 14.4. The Hall–Kier alpha value is -2.41. The number of nitrogens with zero attached hydrogens (tertiary/aromatic N) is 2. The fourth-order valence-electron chi connectivity index (χ4n) is 2.02. The van der Waals surface area contributed by atoms with Crippen molar-refractivity contribution in [3.63, 3.8) is 0 Å². The van der Waals surface area contributed by atoms with Crippen molar-refractivity contribution in [3.8, 4) is 0 Å². The van der Waals surface area contributed by atoms with Crippen LogP contribution in [-0.2, 0) is 11.3 Å². The molecule has 8 heteroatoms. The van der Waals surface area contributed by atoms with E-state index in [1.54, 1.807) is 19.1 Å². The number of rotatable bonds is 5. The number of aryl methyl sites for hydroxylation is 1. The van der Waals surface area contributed by atoms with Crippen molar-refractivity contribution in [1.82, 2.24) is 20.4 Å². The molecule has 0 radical (unpaired) electrons. The van der Waals surface area contributed by atoms with Gasteiger partial charge in [-0.25, -0.2) is 9.07 Å². The number of carbonyl (C=O) groups excluding carboxylic acids is 2. The Balaban J connectivity index is 2.16. The van der Waals surface area contributed by atoms with Crippen molar-refractivity contribution < 1.29 is 14.0 Å². The zero-order chi connectivity index (χ0) is 17.0. The molecule has 0 unspecified atom stereocenters. The number of halogens is 2. The van der Waals surface area contributed by atoms with Gasteiger partial charge in [0.25, 0.3) is 5.91 Å². The first-order valence-corrected chi connectivity index (χ1v) is 7.26. The molecule has 0 fully saturated rings. The van der Waals surface area contributed by atoms with Crippen LogP contribution >= 0.6 is 11.6 Å². The standard InChI is InChI=1S/C15H16ClFN4O2/c1-9-13(15(23)19-7-12(22)18-2)14(16)21(20-9)8-10-3-5-11(17)6-4-10/h3-6H,7-8H2,1-2H3,(H,18,22)(H,19,23). The molecule has 23 heavy (non-hydrogen) atoms. The van der Waals surface area contributed by atoms with Gasteiger partial charge in [-0.2, -0.15) is 5.10 Å². The highest BCUT2D eigenvalue weighted by atomic mass is 35.5. The van der Waals surface area contributed by atoms with Gasteiger partial charge in [-0.05, 0) is 24.6 Å². The third-order valence-electron chi connectivity index (χ3n) is 3.23. The van der Waals surface area contributed by atoms with Gasteiger partial charge < -0.3 is 10.6 Å². The van der Waals surface area contributed by atoms with Crippen LogP contribution < -0.4 is 10.6 Å². The first-order chi connectivity index (χ1) is 10.9. The second-order valence-corrected chi connectivity index (χ2v) is 5.25. The minimum absolute atomic E-state index is 0.145. The van der Waals surface area contributed by atoms with Crippen LogP contribution in [0.25, 0.3) is 0 Å². The molecule has 6 nitrogen and oxygen atoms in total. The summed E-state index contributed by atoms with van der Waals surface area (Å²) >= 11 is 6.22. The summed E-state index contributed by atoms with van der Waals surface area (Å²) in [6, 6.07) is 5.93. The van der Waals surface area contributed by atoms with Crippen LogP contribution in [0.5, 0.6) is 0 Å². The van der Waals surface area contributed by atoms with E-state index in [1.807, 2.05) is 0 Å². The molecule has 2 N–H and O–H groups in total. The SMILES string of the molecule is CNC(=O)CNC(=O)c1c(C)nn(Cc2ccc(F)cc2)c1Cl. The van der Waals surface area contributed by atoms with E-state index in [0.717, 1.165) is 5.56 Å². The van der Waals surface area contributed by atoms with Crippen LogP contribution in [0, 0.1) is 12.7 Å². The molecular weight excluding hydrogens is 323 g/mol. The van der Waals surface area contributed by atoms with Gasteiger partial charge in [0.1, 0.15) is 11.0 Å². The molecule has 122 valence electrons. The summed E-state index contributed by atoms with van der Waals surface area (Å²) in [7, 11) is 1.48. The molecule has 1 aromatic heterocycles. The third kappa shape index (κ3) is 4.07. The Kier molecular flexibility index (Phi) is 5.33. The highest BCUT2D eigenvalue weighted by molar-refractivity contribution is 6.33. The van der Waals surface area contributed by atoms with E-state index in [1.165, 1.54) is 23.9 Å². The number of carbonyl (C=O) groups is 2. The molecule has 0 spiro atoms. The van der Waals surface area contributed by atoms with Gasteiger partial charge in [0.05, 0.1) is 24.3 Å². The Labute approximate surface area is 137 Å². The predicted molar refractivity (Wildman–Crippen MR) is 83.9 cm³/mol. The quantitative estimate of drug-likeness (QED) is 0.867. The Bertz CT molecular complexity index is 728. The van der Waals surface area contributed by atoms with E-state index < -0.39 is 5.91 Å². The van der Waals surface area contributed by atoms with Crippen molar-refractivity contribution in [2.75, 3.05) is 13.6 Å². The molecule has 1 heterocycles. The van der Waals surface area contributed by atoms with Gasteiger partial charge in [0.2, 0.25) is 5.91 Å². The van der Waals surface area contributed by atoms with E-state index in [2.05, 4.69) is 15.7 Å². The smallest absolute Gasteiger partial charge is 0.256 e. The average Bonchev–Trinajstić information content (AvgIpc) is 2.81. The number of aromatic nitrogens is 2. The largest absolute Gasteiger partial charge is 0.358 e. The topological polar surface area (TPSA) is 76.0 Å².